The molecule has 0 bridgehead atoms. The molecule has 0 aromatic rings. The summed E-state index contributed by atoms with van der Waals surface area (Å²) in [6.45, 7) is 7.34. The summed E-state index contributed by atoms with van der Waals surface area (Å²) in [5, 5.41) is 23.6. The molecule has 0 radical (unpaired) electrons. The van der Waals surface area contributed by atoms with Crippen LogP contribution in [0.4, 0.5) is 0 Å². The molecule has 11 heteroatoms. The maximum Gasteiger partial charge on any atom is 0.326 e. The number of nitrogens with two attached hydrogens (primary N) is 1. The number of rotatable bonds is 12. The van der Waals surface area contributed by atoms with Crippen LogP contribution in [0.15, 0.2) is 0 Å². The van der Waals surface area contributed by atoms with Gasteiger partial charge in [0.1, 0.15) is 18.1 Å². The lowest BCUT2D eigenvalue weighted by Crippen LogP contribution is -2.58. The molecule has 1 saturated heterocycles. The van der Waals surface area contributed by atoms with Gasteiger partial charge in [-0.2, -0.15) is 0 Å². The molecule has 1 fully saturated rings. The zero-order valence-corrected chi connectivity index (χ0v) is 19.2. The van der Waals surface area contributed by atoms with Gasteiger partial charge in [0.25, 0.3) is 0 Å². The van der Waals surface area contributed by atoms with E-state index in [1.807, 2.05) is 6.92 Å². The summed E-state index contributed by atoms with van der Waals surface area (Å²) in [7, 11) is 0. The Morgan fingerprint density at radius 1 is 1.03 bits per heavy atom. The largest absolute Gasteiger partial charge is 0.481 e. The number of carbonyl (C=O) groups is 5. The second kappa shape index (κ2) is 12.4. The number of hydrogen-bond donors (Lipinski definition) is 5. The SMILES string of the molecule is CCC(C)C(N)C(=O)NC(CC(=O)O)C(=O)N1CCCC1C(=O)NC(C(=O)O)C(C)CC. The molecule has 6 atom stereocenters. The second-order valence-corrected chi connectivity index (χ2v) is 8.47. The van der Waals surface area contributed by atoms with E-state index in [1.54, 1.807) is 20.8 Å². The zero-order chi connectivity index (χ0) is 24.6. The van der Waals surface area contributed by atoms with Crippen molar-refractivity contribution in [3.05, 3.63) is 0 Å². The van der Waals surface area contributed by atoms with Crippen molar-refractivity contribution in [2.45, 2.75) is 84.0 Å². The minimum absolute atomic E-state index is 0.172. The lowest BCUT2D eigenvalue weighted by Gasteiger charge is -2.30. The van der Waals surface area contributed by atoms with Crippen LogP contribution in [0.25, 0.3) is 0 Å². The Labute approximate surface area is 188 Å². The van der Waals surface area contributed by atoms with Gasteiger partial charge in [-0.1, -0.05) is 40.5 Å². The van der Waals surface area contributed by atoms with Crippen LogP contribution in [0.5, 0.6) is 0 Å². The van der Waals surface area contributed by atoms with Crippen molar-refractivity contribution in [3.63, 3.8) is 0 Å². The number of amides is 3. The van der Waals surface area contributed by atoms with Crippen molar-refractivity contribution >= 4 is 29.7 Å². The summed E-state index contributed by atoms with van der Waals surface area (Å²) in [5.41, 5.74) is 5.90. The number of carbonyl (C=O) groups excluding carboxylic acids is 3. The van der Waals surface area contributed by atoms with Crippen molar-refractivity contribution in [2.75, 3.05) is 6.54 Å². The predicted molar refractivity (Wildman–Crippen MR) is 115 cm³/mol. The van der Waals surface area contributed by atoms with Gasteiger partial charge in [-0.3, -0.25) is 19.2 Å². The van der Waals surface area contributed by atoms with E-state index in [-0.39, 0.29) is 18.4 Å². The third-order valence-electron chi connectivity index (χ3n) is 6.17. The smallest absolute Gasteiger partial charge is 0.326 e. The highest BCUT2D eigenvalue weighted by Gasteiger charge is 2.40. The highest BCUT2D eigenvalue weighted by atomic mass is 16.4. The van der Waals surface area contributed by atoms with Crippen LogP contribution < -0.4 is 16.4 Å². The van der Waals surface area contributed by atoms with Gasteiger partial charge in [-0.25, -0.2) is 4.79 Å². The molecule has 182 valence electrons. The first-order valence-electron chi connectivity index (χ1n) is 11.1. The van der Waals surface area contributed by atoms with E-state index in [2.05, 4.69) is 10.6 Å². The number of carboxylic acid groups (broad SMARTS) is 2. The first-order chi connectivity index (χ1) is 14.9. The van der Waals surface area contributed by atoms with Gasteiger partial charge in [-0.15, -0.1) is 0 Å². The third-order valence-corrected chi connectivity index (χ3v) is 6.17. The van der Waals surface area contributed by atoms with Gasteiger partial charge in [0.05, 0.1) is 12.5 Å². The van der Waals surface area contributed by atoms with Gasteiger partial charge in [0.2, 0.25) is 17.7 Å². The van der Waals surface area contributed by atoms with Gasteiger partial charge in [-0.05, 0) is 24.7 Å². The first-order valence-corrected chi connectivity index (χ1v) is 11.1. The molecular weight excluding hydrogens is 420 g/mol. The number of nitrogens with zero attached hydrogens (tertiary/aromatic N) is 1. The number of hydrogen-bond acceptors (Lipinski definition) is 6. The molecule has 32 heavy (non-hydrogen) atoms. The number of carboxylic acids is 2. The molecule has 11 nitrogen and oxygen atoms in total. The molecule has 1 aliphatic rings. The van der Waals surface area contributed by atoms with E-state index in [0.29, 0.717) is 25.7 Å². The van der Waals surface area contributed by atoms with Gasteiger partial charge < -0.3 is 31.5 Å². The van der Waals surface area contributed by atoms with Crippen LogP contribution >= 0.6 is 0 Å². The number of aliphatic carboxylic acids is 2. The Bertz CT molecular complexity index is 714. The van der Waals surface area contributed by atoms with E-state index >= 15 is 0 Å². The summed E-state index contributed by atoms with van der Waals surface area (Å²) in [4.78, 5) is 62.4. The van der Waals surface area contributed by atoms with Crippen LogP contribution in [-0.2, 0) is 24.0 Å². The molecule has 0 aliphatic carbocycles. The molecule has 0 aromatic heterocycles. The maximum atomic E-state index is 13.1. The lowest BCUT2D eigenvalue weighted by atomic mass is 9.98. The molecule has 0 saturated carbocycles. The molecule has 3 amide bonds. The summed E-state index contributed by atoms with van der Waals surface area (Å²) in [5.74, 6) is -4.90. The summed E-state index contributed by atoms with van der Waals surface area (Å²) < 4.78 is 0. The standard InChI is InChI=1S/C21H36N4O7/c1-5-11(3)16(22)19(29)23-13(10-15(26)27)20(30)25-9-7-8-14(25)18(28)24-17(21(31)32)12(4)6-2/h11-14,16-17H,5-10,22H2,1-4H3,(H,23,29)(H,24,28)(H,26,27)(H,31,32). The molecular formula is C21H36N4O7. The predicted octanol–water partition coefficient (Wildman–Crippen LogP) is -0.0742. The normalized spacial score (nSPS) is 20.5. The van der Waals surface area contributed by atoms with E-state index in [1.165, 1.54) is 4.90 Å². The van der Waals surface area contributed by atoms with Crippen LogP contribution in [-0.4, -0.2) is 75.5 Å². The molecule has 1 rings (SSSR count). The lowest BCUT2D eigenvalue weighted by molar-refractivity contribution is -0.148. The van der Waals surface area contributed by atoms with Crippen LogP contribution in [0.3, 0.4) is 0 Å². The highest BCUT2D eigenvalue weighted by Crippen LogP contribution is 2.20. The first kappa shape index (κ1) is 27.3. The van der Waals surface area contributed by atoms with Crippen LogP contribution in [0.1, 0.15) is 59.8 Å². The molecule has 0 spiro atoms. The Morgan fingerprint density at radius 2 is 1.62 bits per heavy atom. The third kappa shape index (κ3) is 7.18. The minimum atomic E-state index is -1.38. The fraction of sp³-hybridized carbons (Fsp3) is 0.762. The molecule has 6 N–H and O–H groups in total. The Kier molecular flexibility index (Phi) is 10.6. The van der Waals surface area contributed by atoms with Crippen molar-refractivity contribution in [1.82, 2.24) is 15.5 Å². The topological polar surface area (TPSA) is 179 Å². The van der Waals surface area contributed by atoms with Crippen LogP contribution in [0.2, 0.25) is 0 Å². The van der Waals surface area contributed by atoms with Gasteiger partial charge in [0.15, 0.2) is 0 Å². The Morgan fingerprint density at radius 3 is 2.12 bits per heavy atom. The van der Waals surface area contributed by atoms with Crippen molar-refractivity contribution in [2.24, 2.45) is 17.6 Å². The zero-order valence-electron chi connectivity index (χ0n) is 19.2. The van der Waals surface area contributed by atoms with Crippen molar-refractivity contribution in [1.29, 1.82) is 0 Å². The Balaban J connectivity index is 3.00. The highest BCUT2D eigenvalue weighted by molar-refractivity contribution is 5.96. The van der Waals surface area contributed by atoms with Gasteiger partial charge in [0, 0.05) is 6.54 Å². The number of likely N-dealkylation sites (tertiary alicyclic amines) is 1. The Hall–Kier alpha value is -2.69. The molecule has 1 heterocycles. The fourth-order valence-corrected chi connectivity index (χ4v) is 3.59. The van der Waals surface area contributed by atoms with Crippen molar-refractivity contribution < 1.29 is 34.2 Å². The van der Waals surface area contributed by atoms with E-state index in [9.17, 15) is 34.2 Å². The fourth-order valence-electron chi connectivity index (χ4n) is 3.59. The van der Waals surface area contributed by atoms with Gasteiger partial charge >= 0.3 is 11.9 Å². The molecule has 1 aliphatic heterocycles. The quantitative estimate of drug-likeness (QED) is 0.270. The molecule has 0 aromatic carbocycles. The minimum Gasteiger partial charge on any atom is -0.481 e. The second-order valence-electron chi connectivity index (χ2n) is 8.47. The van der Waals surface area contributed by atoms with Crippen molar-refractivity contribution in [3.8, 4) is 0 Å². The monoisotopic (exact) mass is 456 g/mol. The molecule has 6 unspecified atom stereocenters. The van der Waals surface area contributed by atoms with E-state index < -0.39 is 60.2 Å². The maximum absolute atomic E-state index is 13.1. The summed E-state index contributed by atoms with van der Waals surface area (Å²) >= 11 is 0. The van der Waals surface area contributed by atoms with E-state index in [4.69, 9.17) is 5.73 Å². The van der Waals surface area contributed by atoms with E-state index in [0.717, 1.165) is 0 Å². The van der Waals surface area contributed by atoms with Crippen LogP contribution in [0, 0.1) is 11.8 Å². The number of nitrogens with one attached hydrogen (secondary N) is 2. The summed E-state index contributed by atoms with van der Waals surface area (Å²) in [6.07, 6.45) is 1.30. The average molecular weight is 457 g/mol. The summed E-state index contributed by atoms with van der Waals surface area (Å²) in [6, 6.07) is -4.33. The average Bonchev–Trinajstić information content (AvgIpc) is 3.23.